The van der Waals surface area contributed by atoms with E-state index in [1.165, 1.54) is 0 Å². The maximum Gasteiger partial charge on any atom is 0.314 e. The largest absolute Gasteiger partial charge is 0.861 e. The van der Waals surface area contributed by atoms with Crippen molar-refractivity contribution in [2.45, 2.75) is 25.7 Å². The fourth-order valence-electron chi connectivity index (χ4n) is 2.62. The molecule has 138 valence electrons. The van der Waals surface area contributed by atoms with Gasteiger partial charge in [0.1, 0.15) is 0 Å². The first-order valence-corrected chi connectivity index (χ1v) is 12.5. The van der Waals surface area contributed by atoms with Gasteiger partial charge in [0.15, 0.2) is 5.75 Å². The molecule has 1 aliphatic carbocycles. The zero-order chi connectivity index (χ0) is 18.8. The van der Waals surface area contributed by atoms with Gasteiger partial charge in [-0.05, 0) is 117 Å². The molecule has 1 aromatic carbocycles. The van der Waals surface area contributed by atoms with Gasteiger partial charge in [0.05, 0.1) is 19.3 Å². The fraction of sp³-hybridized carbons (Fsp3) is 0.467. The van der Waals surface area contributed by atoms with Gasteiger partial charge in [-0.2, -0.15) is 4.40 Å². The molecule has 2 rings (SSSR count). The Kier molecular flexibility index (Phi) is 7.77. The predicted octanol–water partition coefficient (Wildman–Crippen LogP) is 2.93. The zero-order valence-electron chi connectivity index (χ0n) is 13.2. The summed E-state index contributed by atoms with van der Waals surface area (Å²) in [6.45, 7) is 0. The Morgan fingerprint density at radius 3 is 2.08 bits per heavy atom. The highest BCUT2D eigenvalue weighted by atomic mass is 127. The molecule has 0 saturated heterocycles. The van der Waals surface area contributed by atoms with E-state index < -0.39 is 21.8 Å². The number of nitrogens with zero attached hydrogens (tertiary/aromatic N) is 1. The molecule has 0 bridgehead atoms. The van der Waals surface area contributed by atoms with Crippen molar-refractivity contribution in [1.82, 2.24) is 0 Å². The minimum absolute atomic E-state index is 0.284. The highest BCUT2D eigenvalue weighted by molar-refractivity contribution is 14.1. The van der Waals surface area contributed by atoms with E-state index in [1.54, 1.807) is 0 Å². The third-order valence-electron chi connectivity index (χ3n) is 3.83. The molecule has 1 saturated carbocycles. The van der Waals surface area contributed by atoms with Crippen LogP contribution in [0.1, 0.15) is 25.7 Å². The molecule has 0 spiro atoms. The Morgan fingerprint density at radius 1 is 1.12 bits per heavy atom. The van der Waals surface area contributed by atoms with Gasteiger partial charge in [0.2, 0.25) is 10.0 Å². The monoisotopic (exact) mass is 702 g/mol. The van der Waals surface area contributed by atoms with Crippen LogP contribution in [0.3, 0.4) is 0 Å². The van der Waals surface area contributed by atoms with Gasteiger partial charge < -0.3 is 9.84 Å². The van der Waals surface area contributed by atoms with E-state index in [2.05, 4.69) is 72.2 Å². The molecule has 1 aliphatic rings. The molecule has 25 heavy (non-hydrogen) atoms. The summed E-state index contributed by atoms with van der Waals surface area (Å²) in [7, 11) is -3.67. The van der Waals surface area contributed by atoms with Crippen LogP contribution in [-0.4, -0.2) is 26.5 Å². The summed E-state index contributed by atoms with van der Waals surface area (Å²) in [5.74, 6) is -1.07. The molecule has 0 aliphatic heterocycles. The molecule has 0 radical (unpaired) electrons. The maximum absolute atomic E-state index is 12.4. The second-order valence-electron chi connectivity index (χ2n) is 5.83. The summed E-state index contributed by atoms with van der Waals surface area (Å²) >= 11 is 6.49. The van der Waals surface area contributed by atoms with E-state index >= 15 is 0 Å². The predicted molar refractivity (Wildman–Crippen MR) is 118 cm³/mol. The van der Waals surface area contributed by atoms with Crippen LogP contribution >= 0.6 is 67.8 Å². The number of sulfonamides is 1. The van der Waals surface area contributed by atoms with Crippen LogP contribution in [-0.2, 0) is 14.8 Å². The summed E-state index contributed by atoms with van der Waals surface area (Å²) in [6, 6.07) is 3.88. The van der Waals surface area contributed by atoms with E-state index in [0.717, 1.165) is 17.0 Å². The highest BCUT2D eigenvalue weighted by Gasteiger charge is 2.29. The number of esters is 1. The Labute approximate surface area is 187 Å². The van der Waals surface area contributed by atoms with Crippen molar-refractivity contribution >= 4 is 89.7 Å². The van der Waals surface area contributed by atoms with E-state index in [0.29, 0.717) is 31.4 Å². The average molecular weight is 702 g/mol. The van der Waals surface area contributed by atoms with Gasteiger partial charge in [-0.3, -0.25) is 4.79 Å². The standard InChI is InChI=1S/C15H16I3NO5S/c1-25(22,23)19-14(20)8-2-4-9(5-3-8)15(21)24-13-11(17)6-10(16)7-12(13)18/h6-9H,2-5H2,1H3,(H,19,20)/p-1. The molecule has 1 aromatic rings. The number of ether oxygens (including phenoxy) is 1. The first-order valence-electron chi connectivity index (χ1n) is 7.40. The highest BCUT2D eigenvalue weighted by Crippen LogP contribution is 2.33. The molecule has 0 atom stereocenters. The number of rotatable bonds is 4. The van der Waals surface area contributed by atoms with E-state index in [1.807, 2.05) is 12.1 Å². The molecule has 1 fully saturated rings. The number of carbonyl (C=O) groups is 1. The van der Waals surface area contributed by atoms with Crippen LogP contribution in [0.5, 0.6) is 5.75 Å². The smallest absolute Gasteiger partial charge is 0.314 e. The van der Waals surface area contributed by atoms with Crippen molar-refractivity contribution in [3.63, 3.8) is 0 Å². The lowest BCUT2D eigenvalue weighted by atomic mass is 9.82. The van der Waals surface area contributed by atoms with Crippen LogP contribution in [0.4, 0.5) is 0 Å². The van der Waals surface area contributed by atoms with Crippen molar-refractivity contribution in [3.05, 3.63) is 22.8 Å². The van der Waals surface area contributed by atoms with Crippen molar-refractivity contribution in [1.29, 1.82) is 0 Å². The number of carbonyl (C=O) groups excluding carboxylic acids is 1. The number of hydrogen-bond donors (Lipinski definition) is 0. The third kappa shape index (κ3) is 6.45. The molecule has 0 aromatic heterocycles. The Morgan fingerprint density at radius 2 is 1.60 bits per heavy atom. The normalized spacial score (nSPS) is 21.8. The van der Waals surface area contributed by atoms with Gasteiger partial charge >= 0.3 is 5.97 Å². The van der Waals surface area contributed by atoms with Crippen molar-refractivity contribution in [2.24, 2.45) is 16.2 Å². The average Bonchev–Trinajstić information content (AvgIpc) is 2.49. The second-order valence-corrected chi connectivity index (χ2v) is 11.0. The molecule has 0 unspecified atom stereocenters. The minimum atomic E-state index is -3.67. The van der Waals surface area contributed by atoms with Gasteiger partial charge in [0, 0.05) is 3.57 Å². The van der Waals surface area contributed by atoms with E-state index in [9.17, 15) is 18.3 Å². The fourth-order valence-corrected chi connectivity index (χ4v) is 6.90. The number of halogens is 3. The zero-order valence-corrected chi connectivity index (χ0v) is 20.5. The van der Waals surface area contributed by atoms with E-state index in [-0.39, 0.29) is 11.9 Å². The number of benzene rings is 1. The number of hydrogen-bond acceptors (Lipinski definition) is 5. The van der Waals surface area contributed by atoms with Crippen molar-refractivity contribution in [3.8, 4) is 5.75 Å². The van der Waals surface area contributed by atoms with E-state index in [4.69, 9.17) is 4.74 Å². The summed E-state index contributed by atoms with van der Waals surface area (Å²) in [4.78, 5) is 12.4. The van der Waals surface area contributed by atoms with Crippen molar-refractivity contribution in [2.75, 3.05) is 6.26 Å². The first-order chi connectivity index (χ1) is 11.6. The Hall–Kier alpha value is 0.300. The summed E-state index contributed by atoms with van der Waals surface area (Å²) < 4.78 is 33.8. The second kappa shape index (κ2) is 8.99. The van der Waals surface area contributed by atoms with Crippen LogP contribution in [0.25, 0.3) is 0 Å². The molecule has 0 amide bonds. The van der Waals surface area contributed by atoms with Crippen LogP contribution in [0, 0.1) is 22.5 Å². The molecule has 10 heteroatoms. The lowest BCUT2D eigenvalue weighted by molar-refractivity contribution is -0.224. The van der Waals surface area contributed by atoms with Gasteiger partial charge in [-0.25, -0.2) is 8.42 Å². The summed E-state index contributed by atoms with van der Waals surface area (Å²) in [5, 5.41) is 11.8. The molecular weight excluding hydrogens is 687 g/mol. The summed E-state index contributed by atoms with van der Waals surface area (Å²) in [6.07, 6.45) is 2.77. The maximum atomic E-state index is 12.4. The third-order valence-corrected chi connectivity index (χ3v) is 6.57. The minimum Gasteiger partial charge on any atom is -0.861 e. The van der Waals surface area contributed by atoms with Gasteiger partial charge in [0.25, 0.3) is 0 Å². The lowest BCUT2D eigenvalue weighted by Gasteiger charge is -2.30. The van der Waals surface area contributed by atoms with Crippen LogP contribution in [0.15, 0.2) is 16.5 Å². The quantitative estimate of drug-likeness (QED) is 0.158. The summed E-state index contributed by atoms with van der Waals surface area (Å²) in [5.41, 5.74) is 0. The Balaban J connectivity index is 2.00. The SMILES string of the molecule is CS(=O)(=O)/N=C(/[O-])C1CCC(C(=O)Oc2c(I)cc(I)cc2I)CC1. The van der Waals surface area contributed by atoms with Crippen LogP contribution < -0.4 is 9.84 Å². The molecule has 6 nitrogen and oxygen atoms in total. The first kappa shape index (κ1) is 21.6. The molecular formula is C15H15I3NO5S-. The van der Waals surface area contributed by atoms with Crippen molar-refractivity contribution < 1.29 is 23.1 Å². The molecule has 0 N–H and O–H groups in total. The topological polar surface area (TPSA) is 95.9 Å². The van der Waals surface area contributed by atoms with Gasteiger partial charge in [-0.1, -0.05) is 0 Å². The lowest BCUT2D eigenvalue weighted by Crippen LogP contribution is -2.34. The Bertz CT molecular complexity index is 778. The molecule has 0 heterocycles. The van der Waals surface area contributed by atoms with Gasteiger partial charge in [-0.15, -0.1) is 0 Å². The van der Waals surface area contributed by atoms with Crippen LogP contribution in [0.2, 0.25) is 0 Å².